The Balaban J connectivity index is 2.00. The van der Waals surface area contributed by atoms with Crippen molar-refractivity contribution in [2.24, 2.45) is 0 Å². The van der Waals surface area contributed by atoms with Crippen molar-refractivity contribution in [3.8, 4) is 0 Å². The molecule has 1 N–H and O–H groups in total. The molecular formula is C14H16N2OS. The lowest BCUT2D eigenvalue weighted by molar-refractivity contribution is 0.687. The third-order valence-corrected chi connectivity index (χ3v) is 3.55. The Hall–Kier alpha value is -1.68. The SMILES string of the molecule is Cc1cccc(NCc2ccc(S(C)=O)cc2)n1. The first-order valence-corrected chi connectivity index (χ1v) is 7.31. The normalized spacial score (nSPS) is 12.1. The van der Waals surface area contributed by atoms with Crippen molar-refractivity contribution in [1.29, 1.82) is 0 Å². The van der Waals surface area contributed by atoms with Gasteiger partial charge in [0.05, 0.1) is 0 Å². The van der Waals surface area contributed by atoms with Gasteiger partial charge in [0, 0.05) is 34.2 Å². The molecule has 0 aliphatic heterocycles. The standard InChI is InChI=1S/C14H16N2OS/c1-11-4-3-5-14(16-11)15-10-12-6-8-13(9-7-12)18(2)17/h3-9H,10H2,1-2H3,(H,15,16). The number of benzene rings is 1. The molecular weight excluding hydrogens is 244 g/mol. The fraction of sp³-hybridized carbons (Fsp3) is 0.214. The van der Waals surface area contributed by atoms with Crippen molar-refractivity contribution in [1.82, 2.24) is 4.98 Å². The predicted molar refractivity (Wildman–Crippen MR) is 75.1 cm³/mol. The second-order valence-corrected chi connectivity index (χ2v) is 5.50. The Morgan fingerprint density at radius 1 is 1.17 bits per heavy atom. The van der Waals surface area contributed by atoms with Crippen LogP contribution in [-0.4, -0.2) is 15.4 Å². The second-order valence-electron chi connectivity index (χ2n) is 4.12. The zero-order chi connectivity index (χ0) is 13.0. The lowest BCUT2D eigenvalue weighted by Gasteiger charge is -2.06. The van der Waals surface area contributed by atoms with E-state index in [1.54, 1.807) is 6.26 Å². The van der Waals surface area contributed by atoms with Gasteiger partial charge in [0.15, 0.2) is 0 Å². The molecule has 0 aliphatic carbocycles. The van der Waals surface area contributed by atoms with Gasteiger partial charge in [-0.3, -0.25) is 4.21 Å². The number of rotatable bonds is 4. The molecule has 0 aliphatic rings. The van der Waals surface area contributed by atoms with Crippen LogP contribution < -0.4 is 5.32 Å². The number of nitrogens with one attached hydrogen (secondary N) is 1. The highest BCUT2D eigenvalue weighted by molar-refractivity contribution is 7.84. The maximum absolute atomic E-state index is 11.3. The van der Waals surface area contributed by atoms with Crippen molar-refractivity contribution in [2.45, 2.75) is 18.4 Å². The molecule has 1 heterocycles. The summed E-state index contributed by atoms with van der Waals surface area (Å²) in [6, 6.07) is 13.7. The maximum Gasteiger partial charge on any atom is 0.126 e. The van der Waals surface area contributed by atoms with Gasteiger partial charge in [-0.2, -0.15) is 0 Å². The second kappa shape index (κ2) is 5.78. The average molecular weight is 260 g/mol. The van der Waals surface area contributed by atoms with Crippen LogP contribution in [-0.2, 0) is 17.3 Å². The third kappa shape index (κ3) is 3.40. The molecule has 3 nitrogen and oxygen atoms in total. The van der Waals surface area contributed by atoms with E-state index in [0.717, 1.165) is 22.0 Å². The van der Waals surface area contributed by atoms with Gasteiger partial charge in [-0.15, -0.1) is 0 Å². The molecule has 2 rings (SSSR count). The van der Waals surface area contributed by atoms with Gasteiger partial charge < -0.3 is 5.32 Å². The van der Waals surface area contributed by atoms with Gasteiger partial charge >= 0.3 is 0 Å². The third-order valence-electron chi connectivity index (χ3n) is 2.62. The highest BCUT2D eigenvalue weighted by Gasteiger charge is 1.98. The van der Waals surface area contributed by atoms with Crippen molar-refractivity contribution in [3.05, 3.63) is 53.7 Å². The number of pyridine rings is 1. The van der Waals surface area contributed by atoms with E-state index in [-0.39, 0.29) is 0 Å². The summed E-state index contributed by atoms with van der Waals surface area (Å²) in [6.45, 7) is 2.68. The molecule has 0 radical (unpaired) electrons. The summed E-state index contributed by atoms with van der Waals surface area (Å²) in [5, 5.41) is 3.26. The minimum absolute atomic E-state index is 0.715. The molecule has 4 heteroatoms. The van der Waals surface area contributed by atoms with Gasteiger partial charge in [-0.25, -0.2) is 4.98 Å². The van der Waals surface area contributed by atoms with E-state index in [1.807, 2.05) is 49.4 Å². The van der Waals surface area contributed by atoms with E-state index in [2.05, 4.69) is 10.3 Å². The van der Waals surface area contributed by atoms with Gasteiger partial charge in [-0.05, 0) is 36.8 Å². The molecule has 0 fully saturated rings. The van der Waals surface area contributed by atoms with Gasteiger partial charge in [0.2, 0.25) is 0 Å². The van der Waals surface area contributed by atoms with Crippen LogP contribution in [0.4, 0.5) is 5.82 Å². The zero-order valence-corrected chi connectivity index (χ0v) is 11.3. The highest BCUT2D eigenvalue weighted by Crippen LogP contribution is 2.10. The molecule has 0 saturated carbocycles. The molecule has 0 bridgehead atoms. The molecule has 1 aromatic heterocycles. The Bertz CT molecular complexity index is 552. The van der Waals surface area contributed by atoms with Gasteiger partial charge in [0.25, 0.3) is 0 Å². The van der Waals surface area contributed by atoms with E-state index in [9.17, 15) is 4.21 Å². The molecule has 18 heavy (non-hydrogen) atoms. The van der Waals surface area contributed by atoms with E-state index in [4.69, 9.17) is 0 Å². The number of anilines is 1. The number of aromatic nitrogens is 1. The van der Waals surface area contributed by atoms with E-state index < -0.39 is 10.8 Å². The number of aryl methyl sites for hydroxylation is 1. The average Bonchev–Trinajstić information content (AvgIpc) is 2.37. The first-order chi connectivity index (χ1) is 8.65. The summed E-state index contributed by atoms with van der Waals surface area (Å²) in [4.78, 5) is 5.23. The van der Waals surface area contributed by atoms with Crippen molar-refractivity contribution >= 4 is 16.6 Å². The molecule has 1 unspecified atom stereocenters. The Morgan fingerprint density at radius 2 is 1.89 bits per heavy atom. The van der Waals surface area contributed by atoms with Crippen molar-refractivity contribution < 1.29 is 4.21 Å². The largest absolute Gasteiger partial charge is 0.366 e. The van der Waals surface area contributed by atoms with E-state index >= 15 is 0 Å². The molecule has 1 aromatic carbocycles. The minimum Gasteiger partial charge on any atom is -0.366 e. The van der Waals surface area contributed by atoms with E-state index in [1.165, 1.54) is 0 Å². The molecule has 2 aromatic rings. The number of hydrogen-bond donors (Lipinski definition) is 1. The number of hydrogen-bond acceptors (Lipinski definition) is 3. The number of nitrogens with zero attached hydrogens (tertiary/aromatic N) is 1. The van der Waals surface area contributed by atoms with Gasteiger partial charge in [0.1, 0.15) is 5.82 Å². The summed E-state index contributed by atoms with van der Waals surface area (Å²) in [6.07, 6.45) is 1.68. The lowest BCUT2D eigenvalue weighted by atomic mass is 10.2. The van der Waals surface area contributed by atoms with Crippen LogP contribution in [0.5, 0.6) is 0 Å². The summed E-state index contributed by atoms with van der Waals surface area (Å²) in [7, 11) is -0.913. The maximum atomic E-state index is 11.3. The van der Waals surface area contributed by atoms with Crippen LogP contribution in [0.25, 0.3) is 0 Å². The van der Waals surface area contributed by atoms with Crippen LogP contribution in [0.2, 0.25) is 0 Å². The van der Waals surface area contributed by atoms with Crippen molar-refractivity contribution in [2.75, 3.05) is 11.6 Å². The topological polar surface area (TPSA) is 42.0 Å². The fourth-order valence-electron chi connectivity index (χ4n) is 1.63. The zero-order valence-electron chi connectivity index (χ0n) is 10.5. The fourth-order valence-corrected chi connectivity index (χ4v) is 2.15. The molecule has 0 saturated heterocycles. The highest BCUT2D eigenvalue weighted by atomic mass is 32.2. The first-order valence-electron chi connectivity index (χ1n) is 5.75. The monoisotopic (exact) mass is 260 g/mol. The quantitative estimate of drug-likeness (QED) is 0.919. The lowest BCUT2D eigenvalue weighted by Crippen LogP contribution is -2.01. The summed E-state index contributed by atoms with van der Waals surface area (Å²) >= 11 is 0. The Morgan fingerprint density at radius 3 is 2.50 bits per heavy atom. The molecule has 1 atom stereocenters. The van der Waals surface area contributed by atoms with Crippen molar-refractivity contribution in [3.63, 3.8) is 0 Å². The van der Waals surface area contributed by atoms with Crippen LogP contribution in [0.15, 0.2) is 47.4 Å². The van der Waals surface area contributed by atoms with Crippen LogP contribution in [0.3, 0.4) is 0 Å². The Labute approximate surface area is 110 Å². The smallest absolute Gasteiger partial charge is 0.126 e. The predicted octanol–water partition coefficient (Wildman–Crippen LogP) is 2.74. The molecule has 94 valence electrons. The first kappa shape index (κ1) is 12.8. The van der Waals surface area contributed by atoms with Gasteiger partial charge in [-0.1, -0.05) is 18.2 Å². The molecule has 0 amide bonds. The van der Waals surface area contributed by atoms with Crippen LogP contribution in [0, 0.1) is 6.92 Å². The minimum atomic E-state index is -0.913. The van der Waals surface area contributed by atoms with E-state index in [0.29, 0.717) is 6.54 Å². The summed E-state index contributed by atoms with van der Waals surface area (Å²) in [5.74, 6) is 0.873. The Kier molecular flexibility index (Phi) is 4.10. The molecule has 0 spiro atoms. The van der Waals surface area contributed by atoms with Crippen LogP contribution >= 0.6 is 0 Å². The van der Waals surface area contributed by atoms with Crippen LogP contribution in [0.1, 0.15) is 11.3 Å². The summed E-state index contributed by atoms with van der Waals surface area (Å²) < 4.78 is 11.3. The summed E-state index contributed by atoms with van der Waals surface area (Å²) in [5.41, 5.74) is 2.14.